The number of nitrogens with one attached hydrogen (secondary N) is 1. The van der Waals surface area contributed by atoms with Crippen molar-refractivity contribution >= 4 is 35.2 Å². The summed E-state index contributed by atoms with van der Waals surface area (Å²) in [5.41, 5.74) is 1.24. The molecule has 4 nitrogen and oxygen atoms in total. The van der Waals surface area contributed by atoms with Crippen LogP contribution in [-0.2, 0) is 4.79 Å². The molecule has 1 atom stereocenters. The van der Waals surface area contributed by atoms with Crippen LogP contribution in [0.25, 0.3) is 6.08 Å². The lowest BCUT2D eigenvalue weighted by Crippen LogP contribution is -2.40. The Bertz CT molecular complexity index is 893. The lowest BCUT2D eigenvalue weighted by molar-refractivity contribution is -0.117. The molecule has 27 heavy (non-hydrogen) atoms. The van der Waals surface area contributed by atoms with E-state index in [4.69, 9.17) is 32.7 Å². The largest absolute Gasteiger partial charge is 0.497 e. The number of hydrogen-bond donors (Lipinski definition) is 1. The van der Waals surface area contributed by atoms with Gasteiger partial charge in [-0.25, -0.2) is 0 Å². The number of rotatable bonds is 4. The number of carbonyl (C=O) groups excluding carboxylic acids is 1. The summed E-state index contributed by atoms with van der Waals surface area (Å²) in [4.78, 5) is 12.5. The maximum Gasteiger partial charge on any atom is 0.244 e. The van der Waals surface area contributed by atoms with Gasteiger partial charge in [-0.1, -0.05) is 29.3 Å². The number of fused-ring (bicyclic) bond motifs is 1. The summed E-state index contributed by atoms with van der Waals surface area (Å²) in [6.45, 7) is 4.01. The first-order chi connectivity index (χ1) is 12.8. The number of halogens is 2. The first-order valence-electron chi connectivity index (χ1n) is 8.58. The highest BCUT2D eigenvalue weighted by Gasteiger charge is 2.34. The normalized spacial score (nSPS) is 17.9. The molecule has 1 N–H and O–H groups in total. The molecule has 2 aromatic carbocycles. The second-order valence-electron chi connectivity index (χ2n) is 7.03. The Labute approximate surface area is 169 Å². The molecule has 0 spiro atoms. The van der Waals surface area contributed by atoms with E-state index >= 15 is 0 Å². The van der Waals surface area contributed by atoms with Crippen molar-refractivity contribution in [2.45, 2.75) is 31.9 Å². The molecule has 142 valence electrons. The molecule has 6 heteroatoms. The first kappa shape index (κ1) is 19.6. The highest BCUT2D eigenvalue weighted by molar-refractivity contribution is 6.35. The molecule has 1 unspecified atom stereocenters. The van der Waals surface area contributed by atoms with Crippen molar-refractivity contribution in [2.75, 3.05) is 7.11 Å². The molecule has 0 radical (unpaired) electrons. The van der Waals surface area contributed by atoms with Crippen molar-refractivity contribution in [1.82, 2.24) is 5.32 Å². The molecule has 1 heterocycles. The molecule has 0 fully saturated rings. The van der Waals surface area contributed by atoms with Crippen molar-refractivity contribution in [3.63, 3.8) is 0 Å². The second-order valence-corrected chi connectivity index (χ2v) is 7.87. The van der Waals surface area contributed by atoms with Gasteiger partial charge >= 0.3 is 0 Å². The first-order valence-corrected chi connectivity index (χ1v) is 9.33. The Balaban J connectivity index is 1.80. The molecule has 0 bridgehead atoms. The maximum absolute atomic E-state index is 12.5. The van der Waals surface area contributed by atoms with Crippen LogP contribution in [0.1, 0.15) is 37.4 Å². The van der Waals surface area contributed by atoms with Gasteiger partial charge in [0.15, 0.2) is 0 Å². The van der Waals surface area contributed by atoms with Crippen LogP contribution in [0.3, 0.4) is 0 Å². The minimum Gasteiger partial charge on any atom is -0.497 e. The van der Waals surface area contributed by atoms with Crippen LogP contribution in [0.2, 0.25) is 10.0 Å². The summed E-state index contributed by atoms with van der Waals surface area (Å²) in [6, 6.07) is 10.6. The predicted octanol–water partition coefficient (Wildman–Crippen LogP) is 5.43. The van der Waals surface area contributed by atoms with E-state index in [2.05, 4.69) is 5.32 Å². The monoisotopic (exact) mass is 405 g/mol. The minimum atomic E-state index is -0.386. The van der Waals surface area contributed by atoms with Crippen LogP contribution in [-0.4, -0.2) is 18.6 Å². The number of hydrogen-bond acceptors (Lipinski definition) is 3. The topological polar surface area (TPSA) is 47.6 Å². The van der Waals surface area contributed by atoms with Crippen LogP contribution < -0.4 is 14.8 Å². The van der Waals surface area contributed by atoms with Gasteiger partial charge < -0.3 is 14.8 Å². The molecule has 1 aliphatic rings. The van der Waals surface area contributed by atoms with Crippen LogP contribution in [0, 0.1) is 0 Å². The van der Waals surface area contributed by atoms with Gasteiger partial charge in [-0.2, -0.15) is 0 Å². The van der Waals surface area contributed by atoms with Gasteiger partial charge in [0.05, 0.1) is 13.2 Å². The molecule has 1 aliphatic heterocycles. The van der Waals surface area contributed by atoms with Crippen molar-refractivity contribution in [3.8, 4) is 11.5 Å². The molecule has 0 saturated carbocycles. The van der Waals surface area contributed by atoms with Gasteiger partial charge in [-0.3, -0.25) is 4.79 Å². The van der Waals surface area contributed by atoms with Crippen LogP contribution in [0.5, 0.6) is 11.5 Å². The van der Waals surface area contributed by atoms with Gasteiger partial charge in [-0.05, 0) is 55.8 Å². The van der Waals surface area contributed by atoms with Gasteiger partial charge in [-0.15, -0.1) is 0 Å². The summed E-state index contributed by atoms with van der Waals surface area (Å²) in [7, 11) is 1.61. The zero-order chi connectivity index (χ0) is 19.6. The second kappa shape index (κ2) is 7.83. The molecular formula is C21H21Cl2NO3. The average molecular weight is 406 g/mol. The van der Waals surface area contributed by atoms with Crippen LogP contribution in [0.4, 0.5) is 0 Å². The van der Waals surface area contributed by atoms with E-state index in [0.717, 1.165) is 22.6 Å². The zero-order valence-electron chi connectivity index (χ0n) is 15.4. The lowest BCUT2D eigenvalue weighted by Gasteiger charge is -2.37. The lowest BCUT2D eigenvalue weighted by atomic mass is 9.89. The number of carbonyl (C=O) groups is 1. The van der Waals surface area contributed by atoms with E-state index in [9.17, 15) is 4.79 Å². The molecular weight excluding hydrogens is 385 g/mol. The van der Waals surface area contributed by atoms with Crippen molar-refractivity contribution in [3.05, 3.63) is 63.6 Å². The summed E-state index contributed by atoms with van der Waals surface area (Å²) >= 11 is 12.0. The van der Waals surface area contributed by atoms with E-state index in [0.29, 0.717) is 16.5 Å². The van der Waals surface area contributed by atoms with E-state index < -0.39 is 0 Å². The van der Waals surface area contributed by atoms with E-state index in [1.807, 2.05) is 32.0 Å². The Morgan fingerprint density at radius 2 is 2.04 bits per heavy atom. The highest BCUT2D eigenvalue weighted by atomic mass is 35.5. The molecule has 0 aliphatic carbocycles. The maximum atomic E-state index is 12.5. The Morgan fingerprint density at radius 1 is 1.26 bits per heavy atom. The van der Waals surface area contributed by atoms with E-state index in [1.165, 1.54) is 6.08 Å². The quantitative estimate of drug-likeness (QED) is 0.689. The standard InChI is InChI=1S/C21H21Cl2NO3/c1-21(2)12-18(16-11-15(26-3)7-8-19(16)27-21)24-20(25)9-5-13-4-6-14(22)10-17(13)23/h4-11,18H,12H2,1-3H3,(H,24,25)/b9-5+. The van der Waals surface area contributed by atoms with Crippen LogP contribution >= 0.6 is 23.2 Å². The Hall–Kier alpha value is -2.17. The third-order valence-corrected chi connectivity index (χ3v) is 4.93. The van der Waals surface area contributed by atoms with Gasteiger partial charge in [0.25, 0.3) is 0 Å². The third-order valence-electron chi connectivity index (χ3n) is 4.37. The van der Waals surface area contributed by atoms with Crippen molar-refractivity contribution in [2.24, 2.45) is 0 Å². The Morgan fingerprint density at radius 3 is 2.74 bits per heavy atom. The zero-order valence-corrected chi connectivity index (χ0v) is 16.9. The van der Waals surface area contributed by atoms with Crippen LogP contribution in [0.15, 0.2) is 42.5 Å². The number of benzene rings is 2. The number of amides is 1. The van der Waals surface area contributed by atoms with Crippen molar-refractivity contribution < 1.29 is 14.3 Å². The van der Waals surface area contributed by atoms with E-state index in [-0.39, 0.29) is 17.6 Å². The smallest absolute Gasteiger partial charge is 0.244 e. The van der Waals surface area contributed by atoms with Gasteiger partial charge in [0.1, 0.15) is 17.1 Å². The predicted molar refractivity (Wildman–Crippen MR) is 109 cm³/mol. The van der Waals surface area contributed by atoms with E-state index in [1.54, 1.807) is 31.4 Å². The molecule has 0 aromatic heterocycles. The molecule has 1 amide bonds. The fraction of sp³-hybridized carbons (Fsp3) is 0.286. The van der Waals surface area contributed by atoms with Crippen molar-refractivity contribution in [1.29, 1.82) is 0 Å². The summed E-state index contributed by atoms with van der Waals surface area (Å²) in [5.74, 6) is 1.26. The summed E-state index contributed by atoms with van der Waals surface area (Å²) < 4.78 is 11.3. The molecule has 0 saturated heterocycles. The molecule has 3 rings (SSSR count). The summed E-state index contributed by atoms with van der Waals surface area (Å²) in [6.07, 6.45) is 3.79. The number of ether oxygens (including phenoxy) is 2. The number of methoxy groups -OCH3 is 1. The third kappa shape index (κ3) is 4.76. The SMILES string of the molecule is COc1ccc2c(c1)C(NC(=O)/C=C/c1ccc(Cl)cc1Cl)CC(C)(C)O2. The minimum absolute atomic E-state index is 0.184. The highest BCUT2D eigenvalue weighted by Crippen LogP contribution is 2.41. The molecule has 2 aromatic rings. The average Bonchev–Trinajstić information content (AvgIpc) is 2.60. The fourth-order valence-electron chi connectivity index (χ4n) is 3.11. The van der Waals surface area contributed by atoms with Gasteiger partial charge in [0.2, 0.25) is 5.91 Å². The Kier molecular flexibility index (Phi) is 5.68. The fourth-order valence-corrected chi connectivity index (χ4v) is 3.58. The summed E-state index contributed by atoms with van der Waals surface area (Å²) in [5, 5.41) is 4.10. The van der Waals surface area contributed by atoms with Gasteiger partial charge in [0, 0.05) is 28.1 Å².